The third-order valence-corrected chi connectivity index (χ3v) is 0.460. The van der Waals surface area contributed by atoms with Crippen LogP contribution in [-0.4, -0.2) is 17.6 Å². The fourth-order valence-electron chi connectivity index (χ4n) is 0.131. The number of alkyl halides is 3. The number of halogens is 3. The van der Waals surface area contributed by atoms with E-state index in [2.05, 4.69) is 11.2 Å². The predicted molar refractivity (Wildman–Crippen MR) is 22.0 cm³/mol. The van der Waals surface area contributed by atoms with Crippen molar-refractivity contribution in [2.75, 3.05) is 0 Å². The fourth-order valence-corrected chi connectivity index (χ4v) is 0.131. The van der Waals surface area contributed by atoms with Gasteiger partial charge in [-0.05, 0) is 0 Å². The molecule has 0 bridgehead atoms. The molecular formula is C4H3F3O2. The number of aliphatic hydroxyl groups is 1. The predicted octanol–water partition coefficient (Wildman–Crippen LogP) is 0.474. The Hall–Kier alpha value is -0.890. The lowest BCUT2D eigenvalue weighted by atomic mass is 10.6. The number of hydrogen-bond donors (Lipinski definition) is 1. The van der Waals surface area contributed by atoms with Gasteiger partial charge in [0.1, 0.15) is 6.11 Å². The first-order valence-corrected chi connectivity index (χ1v) is 1.84. The topological polar surface area (TPSA) is 29.5 Å². The molecule has 0 rings (SSSR count). The molecule has 0 aromatic carbocycles. The van der Waals surface area contributed by atoms with Crippen LogP contribution in [0.4, 0.5) is 13.2 Å². The summed E-state index contributed by atoms with van der Waals surface area (Å²) >= 11 is 0. The van der Waals surface area contributed by atoms with Crippen LogP contribution in [0.2, 0.25) is 0 Å². The quantitative estimate of drug-likeness (QED) is 0.424. The van der Waals surface area contributed by atoms with Gasteiger partial charge in [-0.15, -0.1) is 0 Å². The van der Waals surface area contributed by atoms with Crippen molar-refractivity contribution in [1.29, 1.82) is 0 Å². The molecule has 0 saturated carbocycles. The summed E-state index contributed by atoms with van der Waals surface area (Å²) in [6.45, 7) is 0. The first-order chi connectivity index (χ1) is 3.98. The third kappa shape index (κ3) is 2.82. The monoisotopic (exact) mass is 140 g/mol. The van der Waals surface area contributed by atoms with Crippen LogP contribution < -0.4 is 0 Å². The van der Waals surface area contributed by atoms with Gasteiger partial charge < -0.3 is 9.84 Å². The first-order valence-electron chi connectivity index (χ1n) is 1.84. The summed E-state index contributed by atoms with van der Waals surface area (Å²) in [4.78, 5) is 0. The van der Waals surface area contributed by atoms with E-state index in [1.165, 1.54) is 6.11 Å². The Morgan fingerprint density at radius 2 is 2.00 bits per heavy atom. The maximum absolute atomic E-state index is 11.2. The maximum Gasteiger partial charge on any atom is 0.452 e. The van der Waals surface area contributed by atoms with Crippen molar-refractivity contribution in [3.8, 4) is 12.5 Å². The zero-order valence-corrected chi connectivity index (χ0v) is 4.14. The van der Waals surface area contributed by atoms with Crippen LogP contribution in [0.15, 0.2) is 0 Å². The minimum atomic E-state index is -4.80. The molecule has 0 spiro atoms. The second-order valence-electron chi connectivity index (χ2n) is 1.13. The van der Waals surface area contributed by atoms with E-state index in [-0.39, 0.29) is 0 Å². The van der Waals surface area contributed by atoms with Gasteiger partial charge in [-0.3, -0.25) is 0 Å². The Morgan fingerprint density at radius 3 is 2.11 bits per heavy atom. The normalized spacial score (nSPS) is 14.1. The molecule has 9 heavy (non-hydrogen) atoms. The molecule has 0 aliphatic heterocycles. The second-order valence-corrected chi connectivity index (χ2v) is 1.13. The molecule has 0 aromatic heterocycles. The zero-order chi connectivity index (χ0) is 7.49. The van der Waals surface area contributed by atoms with E-state index in [0.29, 0.717) is 0 Å². The Morgan fingerprint density at radius 1 is 1.56 bits per heavy atom. The van der Waals surface area contributed by atoms with Crippen molar-refractivity contribution in [1.82, 2.24) is 0 Å². The molecule has 0 aliphatic rings. The van der Waals surface area contributed by atoms with Crippen molar-refractivity contribution in [3.63, 3.8) is 0 Å². The highest BCUT2D eigenvalue weighted by molar-refractivity contribution is 4.71. The number of rotatable bonds is 1. The van der Waals surface area contributed by atoms with Crippen LogP contribution >= 0.6 is 0 Å². The van der Waals surface area contributed by atoms with E-state index in [1.807, 2.05) is 0 Å². The van der Waals surface area contributed by atoms with Gasteiger partial charge in [0.2, 0.25) is 0 Å². The van der Waals surface area contributed by atoms with Gasteiger partial charge in [-0.2, -0.15) is 13.2 Å². The number of hydrogen-bond acceptors (Lipinski definition) is 2. The van der Waals surface area contributed by atoms with E-state index in [1.54, 1.807) is 0 Å². The number of ether oxygens (including phenoxy) is 1. The number of aliphatic hydroxyl groups excluding tert-OH is 1. The lowest BCUT2D eigenvalue weighted by Crippen LogP contribution is -2.29. The summed E-state index contributed by atoms with van der Waals surface area (Å²) < 4.78 is 36.9. The summed E-state index contributed by atoms with van der Waals surface area (Å²) in [5.74, 6) is 0. The molecule has 0 aromatic rings. The van der Waals surface area contributed by atoms with Crippen molar-refractivity contribution < 1.29 is 23.0 Å². The van der Waals surface area contributed by atoms with Crippen molar-refractivity contribution >= 4 is 0 Å². The van der Waals surface area contributed by atoms with Crippen molar-refractivity contribution in [3.05, 3.63) is 0 Å². The van der Waals surface area contributed by atoms with Crippen molar-refractivity contribution in [2.45, 2.75) is 12.5 Å². The molecule has 52 valence electrons. The Bertz CT molecular complexity index is 123. The average molecular weight is 140 g/mol. The lowest BCUT2D eigenvalue weighted by Gasteiger charge is -2.10. The Kier molecular flexibility index (Phi) is 2.34. The largest absolute Gasteiger partial charge is 0.452 e. The average Bonchev–Trinajstić information content (AvgIpc) is 1.64. The molecule has 0 radical (unpaired) electrons. The lowest BCUT2D eigenvalue weighted by molar-refractivity contribution is -0.273. The summed E-state index contributed by atoms with van der Waals surface area (Å²) in [6, 6.07) is 0. The Labute approximate surface area is 49.2 Å². The molecule has 0 amide bonds. The third-order valence-electron chi connectivity index (χ3n) is 0.460. The standard InChI is InChI=1S/C4H3F3O2/c1-2-9-3(8)4(5,6)7/h1,3,8H. The van der Waals surface area contributed by atoms with Crippen LogP contribution in [0, 0.1) is 12.5 Å². The summed E-state index contributed by atoms with van der Waals surface area (Å²) in [6.07, 6.45) is -2.17. The Balaban J connectivity index is 3.76. The summed E-state index contributed by atoms with van der Waals surface area (Å²) in [5, 5.41) is 7.90. The molecule has 0 heterocycles. The van der Waals surface area contributed by atoms with Gasteiger partial charge in [-0.1, -0.05) is 6.42 Å². The molecule has 1 atom stereocenters. The molecular weight excluding hydrogens is 137 g/mol. The van der Waals surface area contributed by atoms with Crippen LogP contribution in [0.3, 0.4) is 0 Å². The molecule has 2 nitrogen and oxygen atoms in total. The van der Waals surface area contributed by atoms with Gasteiger partial charge in [-0.25, -0.2) is 0 Å². The maximum atomic E-state index is 11.2. The van der Waals surface area contributed by atoms with E-state index >= 15 is 0 Å². The van der Waals surface area contributed by atoms with Gasteiger partial charge >= 0.3 is 12.5 Å². The second kappa shape index (κ2) is 2.60. The SMILES string of the molecule is C#COC(O)C(F)(F)F. The molecule has 1 N–H and O–H groups in total. The van der Waals surface area contributed by atoms with Gasteiger partial charge in [0.05, 0.1) is 0 Å². The number of terminal acetylenes is 1. The summed E-state index contributed by atoms with van der Waals surface area (Å²) in [7, 11) is 0. The van der Waals surface area contributed by atoms with E-state index in [4.69, 9.17) is 5.11 Å². The smallest absolute Gasteiger partial charge is 0.405 e. The van der Waals surface area contributed by atoms with Crippen LogP contribution in [0.5, 0.6) is 0 Å². The molecule has 1 unspecified atom stereocenters. The molecule has 5 heteroatoms. The fraction of sp³-hybridized carbons (Fsp3) is 0.500. The highest BCUT2D eigenvalue weighted by Gasteiger charge is 2.40. The highest BCUT2D eigenvalue weighted by Crippen LogP contribution is 2.19. The van der Waals surface area contributed by atoms with Gasteiger partial charge in [0.25, 0.3) is 0 Å². The zero-order valence-electron chi connectivity index (χ0n) is 4.14. The summed E-state index contributed by atoms with van der Waals surface area (Å²) in [5.41, 5.74) is 0. The highest BCUT2D eigenvalue weighted by atomic mass is 19.4. The molecule has 0 fully saturated rings. The molecule has 0 aliphatic carbocycles. The van der Waals surface area contributed by atoms with Crippen LogP contribution in [0.25, 0.3) is 0 Å². The van der Waals surface area contributed by atoms with Crippen molar-refractivity contribution in [2.24, 2.45) is 0 Å². The van der Waals surface area contributed by atoms with Crippen LogP contribution in [0.1, 0.15) is 0 Å². The minimum absolute atomic E-state index is 1.20. The molecule has 0 saturated heterocycles. The van der Waals surface area contributed by atoms with Gasteiger partial charge in [0, 0.05) is 0 Å². The first kappa shape index (κ1) is 8.11. The van der Waals surface area contributed by atoms with Crippen LogP contribution in [-0.2, 0) is 4.74 Å². The van der Waals surface area contributed by atoms with Gasteiger partial charge in [0.15, 0.2) is 0 Å². The van der Waals surface area contributed by atoms with E-state index < -0.39 is 12.5 Å². The van der Waals surface area contributed by atoms with E-state index in [9.17, 15) is 13.2 Å². The van der Waals surface area contributed by atoms with E-state index in [0.717, 1.165) is 0 Å². The minimum Gasteiger partial charge on any atom is -0.405 e.